The fraction of sp³-hybridized carbons (Fsp3) is 0.478. The Morgan fingerprint density at radius 1 is 1.39 bits per heavy atom. The van der Waals surface area contributed by atoms with Gasteiger partial charge in [-0.25, -0.2) is 4.68 Å². The van der Waals surface area contributed by atoms with Crippen molar-refractivity contribution in [3.05, 3.63) is 64.2 Å². The van der Waals surface area contributed by atoms with Crippen LogP contribution in [0.3, 0.4) is 0 Å². The number of aryl methyl sites for hydroxylation is 1. The first kappa shape index (κ1) is 21.2. The van der Waals surface area contributed by atoms with Gasteiger partial charge in [0.25, 0.3) is 0 Å². The monoisotopic (exact) mass is 423 g/mol. The van der Waals surface area contributed by atoms with Gasteiger partial charge in [-0.15, -0.1) is 0 Å². The SMILES string of the molecule is CC1=NC=C(OCC2(C)COC2)C/C1=C/C(C)Cc1nn(-c2cnn(C)c2)ccc1=O. The van der Waals surface area contributed by atoms with E-state index in [1.54, 1.807) is 27.8 Å². The van der Waals surface area contributed by atoms with Gasteiger partial charge < -0.3 is 9.47 Å². The minimum atomic E-state index is -0.0562. The van der Waals surface area contributed by atoms with Crippen LogP contribution in [0.2, 0.25) is 0 Å². The number of nitrogens with zero attached hydrogens (tertiary/aromatic N) is 5. The van der Waals surface area contributed by atoms with Crippen molar-refractivity contribution in [2.75, 3.05) is 19.8 Å². The first-order chi connectivity index (χ1) is 14.8. The van der Waals surface area contributed by atoms with E-state index in [4.69, 9.17) is 9.47 Å². The maximum atomic E-state index is 12.4. The van der Waals surface area contributed by atoms with E-state index in [1.807, 2.05) is 26.4 Å². The molecule has 31 heavy (non-hydrogen) atoms. The number of hydrogen-bond acceptors (Lipinski definition) is 6. The molecular weight excluding hydrogens is 394 g/mol. The van der Waals surface area contributed by atoms with E-state index in [2.05, 4.69) is 35.1 Å². The third-order valence-electron chi connectivity index (χ3n) is 5.58. The average Bonchev–Trinajstić information content (AvgIpc) is 3.15. The van der Waals surface area contributed by atoms with Crippen LogP contribution in [0.15, 0.2) is 58.1 Å². The quantitative estimate of drug-likeness (QED) is 0.684. The minimum absolute atomic E-state index is 0.0562. The van der Waals surface area contributed by atoms with Crippen LogP contribution in [-0.4, -0.2) is 45.1 Å². The van der Waals surface area contributed by atoms with Gasteiger partial charge in [0.1, 0.15) is 17.1 Å². The average molecular weight is 424 g/mol. The van der Waals surface area contributed by atoms with Crippen LogP contribution in [0.5, 0.6) is 0 Å². The van der Waals surface area contributed by atoms with E-state index in [9.17, 15) is 4.79 Å². The highest BCUT2D eigenvalue weighted by atomic mass is 16.5. The van der Waals surface area contributed by atoms with E-state index < -0.39 is 0 Å². The van der Waals surface area contributed by atoms with Gasteiger partial charge in [0.15, 0.2) is 0 Å². The Balaban J connectivity index is 1.44. The minimum Gasteiger partial charge on any atom is -0.495 e. The van der Waals surface area contributed by atoms with Crippen LogP contribution in [-0.2, 0) is 22.9 Å². The summed E-state index contributed by atoms with van der Waals surface area (Å²) in [5.74, 6) is 0.996. The number of aliphatic imine (C=N–C) groups is 1. The maximum Gasteiger partial charge on any atom is 0.203 e. The van der Waals surface area contributed by atoms with Crippen LogP contribution in [0.25, 0.3) is 5.69 Å². The highest BCUT2D eigenvalue weighted by molar-refractivity contribution is 5.99. The highest BCUT2D eigenvalue weighted by Gasteiger charge is 2.34. The summed E-state index contributed by atoms with van der Waals surface area (Å²) < 4.78 is 14.7. The zero-order valence-corrected chi connectivity index (χ0v) is 18.5. The molecule has 0 saturated carbocycles. The summed E-state index contributed by atoms with van der Waals surface area (Å²) in [7, 11) is 1.85. The first-order valence-corrected chi connectivity index (χ1v) is 10.5. The van der Waals surface area contributed by atoms with Crippen molar-refractivity contribution < 1.29 is 9.47 Å². The molecule has 0 radical (unpaired) electrons. The second-order valence-corrected chi connectivity index (χ2v) is 8.90. The number of hydrogen-bond donors (Lipinski definition) is 0. The normalized spacial score (nSPS) is 20.1. The van der Waals surface area contributed by atoms with Crippen molar-refractivity contribution in [1.82, 2.24) is 19.6 Å². The molecule has 0 bridgehead atoms. The summed E-state index contributed by atoms with van der Waals surface area (Å²) in [5, 5.41) is 8.71. The van der Waals surface area contributed by atoms with Gasteiger partial charge in [0, 0.05) is 43.3 Å². The van der Waals surface area contributed by atoms with Crippen molar-refractivity contribution >= 4 is 5.71 Å². The predicted octanol–water partition coefficient (Wildman–Crippen LogP) is 2.83. The van der Waals surface area contributed by atoms with Gasteiger partial charge in [0.05, 0.1) is 38.4 Å². The van der Waals surface area contributed by atoms with Crippen LogP contribution >= 0.6 is 0 Å². The molecule has 0 N–H and O–H groups in total. The molecule has 0 spiro atoms. The van der Waals surface area contributed by atoms with Crippen LogP contribution in [0.4, 0.5) is 0 Å². The van der Waals surface area contributed by atoms with E-state index >= 15 is 0 Å². The molecule has 4 rings (SSSR count). The zero-order chi connectivity index (χ0) is 22.0. The molecule has 1 unspecified atom stereocenters. The van der Waals surface area contributed by atoms with Gasteiger partial charge in [-0.1, -0.05) is 19.9 Å². The van der Waals surface area contributed by atoms with Crippen LogP contribution < -0.4 is 5.43 Å². The highest BCUT2D eigenvalue weighted by Crippen LogP contribution is 2.29. The lowest BCUT2D eigenvalue weighted by Crippen LogP contribution is -2.43. The maximum absolute atomic E-state index is 12.4. The molecule has 2 aliphatic heterocycles. The summed E-state index contributed by atoms with van der Waals surface area (Å²) in [5.41, 5.74) is 3.50. The van der Waals surface area contributed by atoms with Crippen molar-refractivity contribution in [3.8, 4) is 5.69 Å². The summed E-state index contributed by atoms with van der Waals surface area (Å²) in [6.45, 7) is 8.37. The number of ether oxygens (including phenoxy) is 2. The molecule has 0 aromatic carbocycles. The lowest BCUT2D eigenvalue weighted by molar-refractivity contribution is -0.129. The van der Waals surface area contributed by atoms with E-state index in [-0.39, 0.29) is 16.8 Å². The molecule has 2 aromatic rings. The largest absolute Gasteiger partial charge is 0.495 e. The molecule has 0 amide bonds. The Labute approximate surface area is 181 Å². The molecule has 0 aliphatic carbocycles. The van der Waals surface area contributed by atoms with Crippen LogP contribution in [0.1, 0.15) is 32.9 Å². The molecular formula is C23H29N5O3. The number of allylic oxidation sites excluding steroid dienone is 2. The molecule has 164 valence electrons. The third kappa shape index (κ3) is 5.02. The Hall–Kier alpha value is -3.00. The molecule has 4 heterocycles. The summed E-state index contributed by atoms with van der Waals surface area (Å²) in [6, 6.07) is 1.56. The van der Waals surface area contributed by atoms with Gasteiger partial charge in [-0.3, -0.25) is 14.5 Å². The smallest absolute Gasteiger partial charge is 0.203 e. The van der Waals surface area contributed by atoms with Crippen LogP contribution in [0, 0.1) is 11.3 Å². The molecule has 1 atom stereocenters. The van der Waals surface area contributed by atoms with Gasteiger partial charge in [-0.05, 0) is 18.4 Å². The molecule has 2 aliphatic rings. The Bertz CT molecular complexity index is 1100. The summed E-state index contributed by atoms with van der Waals surface area (Å²) in [4.78, 5) is 16.9. The lowest BCUT2D eigenvalue weighted by Gasteiger charge is -2.37. The molecule has 1 fully saturated rings. The fourth-order valence-corrected chi connectivity index (χ4v) is 3.65. The molecule has 8 heteroatoms. The zero-order valence-electron chi connectivity index (χ0n) is 18.5. The topological polar surface area (TPSA) is 83.5 Å². The van der Waals surface area contributed by atoms with Gasteiger partial charge >= 0.3 is 0 Å². The second kappa shape index (κ2) is 8.63. The standard InChI is InChI=1S/C23H29N5O3/c1-16(8-21-22(29)5-6-28(26-21)19-10-25-27(4)12-19)7-18-9-20(11-24-17(18)2)31-15-23(3)13-30-14-23/h5-7,10-12,16H,8-9,13-15H2,1-4H3/b18-7-. The van der Waals surface area contributed by atoms with E-state index in [0.29, 0.717) is 25.1 Å². The molecule has 1 saturated heterocycles. The number of rotatable bonds is 7. The molecule has 2 aromatic heterocycles. The third-order valence-corrected chi connectivity index (χ3v) is 5.58. The lowest BCUT2D eigenvalue weighted by atomic mass is 9.90. The van der Waals surface area contributed by atoms with Gasteiger partial charge in [0.2, 0.25) is 5.43 Å². The molecule has 8 nitrogen and oxygen atoms in total. The first-order valence-electron chi connectivity index (χ1n) is 10.5. The summed E-state index contributed by atoms with van der Waals surface area (Å²) in [6.07, 6.45) is 10.5. The van der Waals surface area contributed by atoms with Crippen molar-refractivity contribution in [2.45, 2.75) is 33.6 Å². The fourth-order valence-electron chi connectivity index (χ4n) is 3.65. The van der Waals surface area contributed by atoms with E-state index in [1.165, 1.54) is 0 Å². The summed E-state index contributed by atoms with van der Waals surface area (Å²) >= 11 is 0. The predicted molar refractivity (Wildman–Crippen MR) is 118 cm³/mol. The van der Waals surface area contributed by atoms with E-state index in [0.717, 1.165) is 35.9 Å². The van der Waals surface area contributed by atoms with Crippen molar-refractivity contribution in [2.24, 2.45) is 23.4 Å². The van der Waals surface area contributed by atoms with Gasteiger partial charge in [-0.2, -0.15) is 10.2 Å². The Morgan fingerprint density at radius 2 is 2.19 bits per heavy atom. The van der Waals surface area contributed by atoms with Crippen molar-refractivity contribution in [3.63, 3.8) is 0 Å². The number of aromatic nitrogens is 4. The Morgan fingerprint density at radius 3 is 2.87 bits per heavy atom. The second-order valence-electron chi connectivity index (χ2n) is 8.90. The van der Waals surface area contributed by atoms with Crippen molar-refractivity contribution in [1.29, 1.82) is 0 Å². The Kier molecular flexibility index (Phi) is 5.91.